The van der Waals surface area contributed by atoms with E-state index in [2.05, 4.69) is 58.1 Å². The molecule has 0 aliphatic carbocycles. The molecule has 1 rings (SSSR count). The van der Waals surface area contributed by atoms with E-state index in [-0.39, 0.29) is 0 Å². The molecule has 0 aliphatic heterocycles. The van der Waals surface area contributed by atoms with Gasteiger partial charge >= 0.3 is 0 Å². The van der Waals surface area contributed by atoms with Crippen LogP contribution in [0.15, 0.2) is 18.2 Å². The molecular weight excluding hydrogens is 238 g/mol. The number of hydrogen-bond donors (Lipinski definition) is 1. The van der Waals surface area contributed by atoms with Gasteiger partial charge < -0.3 is 5.32 Å². The Morgan fingerprint density at radius 3 is 2.17 bits per heavy atom. The Morgan fingerprint density at radius 2 is 1.61 bits per heavy atom. The molecule has 0 radical (unpaired) electrons. The molecule has 0 aromatic heterocycles. The van der Waals surface area contributed by atoms with Crippen molar-refractivity contribution < 1.29 is 0 Å². The van der Waals surface area contributed by atoms with E-state index in [1.807, 2.05) is 11.8 Å². The first-order valence-electron chi connectivity index (χ1n) is 6.87. The van der Waals surface area contributed by atoms with Crippen molar-refractivity contribution in [3.8, 4) is 0 Å². The fraction of sp³-hybridized carbons (Fsp3) is 0.625. The van der Waals surface area contributed by atoms with Crippen LogP contribution in [-0.2, 0) is 5.75 Å². The molecule has 0 bridgehead atoms. The lowest BCUT2D eigenvalue weighted by Gasteiger charge is -2.14. The van der Waals surface area contributed by atoms with Gasteiger partial charge in [0, 0.05) is 17.5 Å². The number of hydrogen-bond acceptors (Lipinski definition) is 2. The molecule has 18 heavy (non-hydrogen) atoms. The Bertz CT molecular complexity index is 340. The Balaban J connectivity index is 2.31. The Morgan fingerprint density at radius 1 is 1.00 bits per heavy atom. The molecule has 1 aromatic rings. The molecule has 0 heterocycles. The summed E-state index contributed by atoms with van der Waals surface area (Å²) in [5, 5.41) is 4.19. The highest BCUT2D eigenvalue weighted by atomic mass is 32.2. The predicted molar refractivity (Wildman–Crippen MR) is 84.4 cm³/mol. The van der Waals surface area contributed by atoms with Gasteiger partial charge in [-0.3, -0.25) is 0 Å². The minimum Gasteiger partial charge on any atom is -0.315 e. The first-order valence-corrected chi connectivity index (χ1v) is 7.91. The fourth-order valence-electron chi connectivity index (χ4n) is 2.02. The first kappa shape index (κ1) is 15.6. The summed E-state index contributed by atoms with van der Waals surface area (Å²) in [4.78, 5) is 0. The van der Waals surface area contributed by atoms with E-state index in [4.69, 9.17) is 0 Å². The number of rotatable bonds is 7. The van der Waals surface area contributed by atoms with Crippen LogP contribution >= 0.6 is 11.8 Å². The van der Waals surface area contributed by atoms with Gasteiger partial charge in [0.15, 0.2) is 0 Å². The lowest BCUT2D eigenvalue weighted by atomic mass is 10.1. The highest BCUT2D eigenvalue weighted by Gasteiger charge is 2.04. The van der Waals surface area contributed by atoms with Crippen LogP contribution in [-0.4, -0.2) is 18.3 Å². The number of aryl methyl sites for hydroxylation is 2. The van der Waals surface area contributed by atoms with E-state index < -0.39 is 0 Å². The number of benzene rings is 1. The molecule has 1 atom stereocenters. The van der Waals surface area contributed by atoms with Crippen molar-refractivity contribution in [2.75, 3.05) is 13.1 Å². The molecule has 102 valence electrons. The van der Waals surface area contributed by atoms with Crippen LogP contribution in [0.4, 0.5) is 0 Å². The summed E-state index contributed by atoms with van der Waals surface area (Å²) >= 11 is 2.04. The molecule has 1 nitrogen and oxygen atoms in total. The molecule has 1 unspecified atom stereocenters. The number of nitrogens with one attached hydrogen (secondary N) is 1. The summed E-state index contributed by atoms with van der Waals surface area (Å²) in [5.41, 5.74) is 4.19. The van der Waals surface area contributed by atoms with Crippen molar-refractivity contribution >= 4 is 11.8 Å². The van der Waals surface area contributed by atoms with Crippen LogP contribution in [0, 0.1) is 19.8 Å². The third-order valence-corrected chi connectivity index (χ3v) is 4.04. The molecule has 0 amide bonds. The largest absolute Gasteiger partial charge is 0.315 e. The quantitative estimate of drug-likeness (QED) is 0.794. The van der Waals surface area contributed by atoms with Crippen molar-refractivity contribution in [1.82, 2.24) is 5.32 Å². The van der Waals surface area contributed by atoms with Crippen molar-refractivity contribution in [1.29, 1.82) is 0 Å². The highest BCUT2D eigenvalue weighted by molar-refractivity contribution is 7.99. The SMILES string of the molecule is Cc1cc(C)cc(CSC(C)CNCC(C)C)c1. The van der Waals surface area contributed by atoms with Gasteiger partial charge in [-0.2, -0.15) is 11.8 Å². The van der Waals surface area contributed by atoms with Gasteiger partial charge in [-0.25, -0.2) is 0 Å². The molecule has 0 saturated carbocycles. The molecule has 2 heteroatoms. The maximum Gasteiger partial charge on any atom is 0.0187 e. The predicted octanol–water partition coefficient (Wildman–Crippen LogP) is 4.17. The summed E-state index contributed by atoms with van der Waals surface area (Å²) in [5.74, 6) is 1.86. The van der Waals surface area contributed by atoms with E-state index in [9.17, 15) is 0 Å². The van der Waals surface area contributed by atoms with Crippen molar-refractivity contribution in [3.05, 3.63) is 34.9 Å². The minimum absolute atomic E-state index is 0.671. The summed E-state index contributed by atoms with van der Waals surface area (Å²) in [6, 6.07) is 6.84. The Hall–Kier alpha value is -0.470. The lowest BCUT2D eigenvalue weighted by molar-refractivity contribution is 0.554. The third-order valence-electron chi connectivity index (χ3n) is 2.80. The number of thioether (sulfide) groups is 1. The van der Waals surface area contributed by atoms with Crippen LogP contribution in [0.5, 0.6) is 0 Å². The maximum absolute atomic E-state index is 3.52. The van der Waals surface area contributed by atoms with E-state index in [1.165, 1.54) is 16.7 Å². The summed E-state index contributed by atoms with van der Waals surface area (Å²) in [7, 11) is 0. The second-order valence-electron chi connectivity index (χ2n) is 5.67. The van der Waals surface area contributed by atoms with E-state index in [0.717, 1.165) is 24.8 Å². The van der Waals surface area contributed by atoms with Crippen molar-refractivity contribution in [2.45, 2.75) is 45.6 Å². The molecule has 0 fully saturated rings. The molecule has 0 saturated heterocycles. The lowest BCUT2D eigenvalue weighted by Crippen LogP contribution is -2.26. The zero-order chi connectivity index (χ0) is 13.5. The van der Waals surface area contributed by atoms with Gasteiger partial charge in [0.1, 0.15) is 0 Å². The second-order valence-corrected chi connectivity index (χ2v) is 7.10. The van der Waals surface area contributed by atoms with Crippen molar-refractivity contribution in [3.63, 3.8) is 0 Å². The van der Waals surface area contributed by atoms with E-state index in [0.29, 0.717) is 5.25 Å². The Labute approximate surface area is 117 Å². The standard InChI is InChI=1S/C16H27NS/c1-12(2)9-17-10-15(5)18-11-16-7-13(3)6-14(4)8-16/h6-8,12,15,17H,9-11H2,1-5H3. The highest BCUT2D eigenvalue weighted by Crippen LogP contribution is 2.19. The fourth-order valence-corrected chi connectivity index (χ4v) is 2.90. The summed E-state index contributed by atoms with van der Waals surface area (Å²) < 4.78 is 0. The monoisotopic (exact) mass is 265 g/mol. The van der Waals surface area contributed by atoms with Crippen LogP contribution in [0.3, 0.4) is 0 Å². The van der Waals surface area contributed by atoms with Gasteiger partial charge in [0.2, 0.25) is 0 Å². The Kier molecular flexibility index (Phi) is 6.80. The van der Waals surface area contributed by atoms with E-state index in [1.54, 1.807) is 0 Å². The smallest absolute Gasteiger partial charge is 0.0187 e. The molecular formula is C16H27NS. The molecule has 1 N–H and O–H groups in total. The van der Waals surface area contributed by atoms with Crippen LogP contribution < -0.4 is 5.32 Å². The van der Waals surface area contributed by atoms with Gasteiger partial charge in [-0.15, -0.1) is 0 Å². The second kappa shape index (κ2) is 7.85. The molecule has 1 aromatic carbocycles. The van der Waals surface area contributed by atoms with Gasteiger partial charge in [0.25, 0.3) is 0 Å². The summed E-state index contributed by atoms with van der Waals surface area (Å²) in [6.45, 7) is 13.4. The first-order chi connectivity index (χ1) is 8.47. The van der Waals surface area contributed by atoms with Crippen molar-refractivity contribution in [2.24, 2.45) is 5.92 Å². The third kappa shape index (κ3) is 6.46. The summed E-state index contributed by atoms with van der Waals surface area (Å²) in [6.07, 6.45) is 0. The molecule has 0 spiro atoms. The van der Waals surface area contributed by atoms with Crippen LogP contribution in [0.1, 0.15) is 37.5 Å². The molecule has 0 aliphatic rings. The van der Waals surface area contributed by atoms with Gasteiger partial charge in [0.05, 0.1) is 0 Å². The average molecular weight is 265 g/mol. The van der Waals surface area contributed by atoms with E-state index >= 15 is 0 Å². The van der Waals surface area contributed by atoms with Gasteiger partial charge in [-0.05, 0) is 31.9 Å². The zero-order valence-electron chi connectivity index (χ0n) is 12.4. The maximum atomic E-state index is 3.52. The van der Waals surface area contributed by atoms with Gasteiger partial charge in [-0.1, -0.05) is 50.1 Å². The van der Waals surface area contributed by atoms with Crippen LogP contribution in [0.2, 0.25) is 0 Å². The normalized spacial score (nSPS) is 13.0. The average Bonchev–Trinajstić information content (AvgIpc) is 2.24. The topological polar surface area (TPSA) is 12.0 Å². The zero-order valence-corrected chi connectivity index (χ0v) is 13.2. The minimum atomic E-state index is 0.671. The van der Waals surface area contributed by atoms with Crippen LogP contribution in [0.25, 0.3) is 0 Å².